The van der Waals surface area contributed by atoms with Gasteiger partial charge in [-0.15, -0.1) is 0 Å². The van der Waals surface area contributed by atoms with Crippen molar-refractivity contribution in [2.75, 3.05) is 0 Å². The topological polar surface area (TPSA) is 17.8 Å². The van der Waals surface area contributed by atoms with Crippen molar-refractivity contribution in [1.82, 2.24) is 9.78 Å². The first kappa shape index (κ1) is 8.54. The average Bonchev–Trinajstić information content (AvgIpc) is 2.43. The van der Waals surface area contributed by atoms with Crippen LogP contribution in [0, 0.1) is 6.92 Å². The molecule has 1 heterocycles. The summed E-state index contributed by atoms with van der Waals surface area (Å²) in [5.41, 5.74) is 2.76. The van der Waals surface area contributed by atoms with Gasteiger partial charge in [0.2, 0.25) is 0 Å². The van der Waals surface area contributed by atoms with E-state index in [1.54, 1.807) is 5.57 Å². The fourth-order valence-electron chi connectivity index (χ4n) is 2.21. The minimum atomic E-state index is 1.16. The summed E-state index contributed by atoms with van der Waals surface area (Å²) < 4.78 is 2.00. The molecule has 13 heavy (non-hydrogen) atoms. The highest BCUT2D eigenvalue weighted by Crippen LogP contribution is 2.11. The van der Waals surface area contributed by atoms with Crippen molar-refractivity contribution < 1.29 is 0 Å². The molecule has 0 saturated carbocycles. The predicted molar refractivity (Wildman–Crippen MR) is 54.6 cm³/mol. The Labute approximate surface area is 78.6 Å². The number of aromatic nitrogens is 2. The van der Waals surface area contributed by atoms with Crippen LogP contribution in [0.15, 0.2) is 0 Å². The lowest BCUT2D eigenvalue weighted by Crippen LogP contribution is -2.32. The fraction of sp³-hybridized carbons (Fsp3) is 0.545. The molecule has 2 rings (SSSR count). The Bertz CT molecular complexity index is 437. The van der Waals surface area contributed by atoms with E-state index >= 15 is 0 Å². The van der Waals surface area contributed by atoms with E-state index in [0.29, 0.717) is 0 Å². The van der Waals surface area contributed by atoms with Gasteiger partial charge in [0.1, 0.15) is 0 Å². The predicted octanol–water partition coefficient (Wildman–Crippen LogP) is 0.864. The van der Waals surface area contributed by atoms with Crippen LogP contribution in [0.3, 0.4) is 0 Å². The third-order valence-corrected chi connectivity index (χ3v) is 2.83. The smallest absolute Gasteiger partial charge is 0.0671 e. The third-order valence-electron chi connectivity index (χ3n) is 2.83. The lowest BCUT2D eigenvalue weighted by Gasteiger charge is -2.06. The van der Waals surface area contributed by atoms with Crippen LogP contribution < -0.4 is 10.6 Å². The van der Waals surface area contributed by atoms with Gasteiger partial charge < -0.3 is 0 Å². The van der Waals surface area contributed by atoms with E-state index in [4.69, 9.17) is 0 Å². The van der Waals surface area contributed by atoms with Crippen LogP contribution >= 0.6 is 0 Å². The molecule has 0 unspecified atom stereocenters. The maximum absolute atomic E-state index is 4.46. The van der Waals surface area contributed by atoms with Gasteiger partial charge in [0.05, 0.1) is 11.0 Å². The van der Waals surface area contributed by atoms with Crippen LogP contribution in [0.2, 0.25) is 0 Å². The number of fused-ring (bicyclic) bond motifs is 1. The molecule has 1 aliphatic rings. The molecule has 0 atom stereocenters. The highest BCUT2D eigenvalue weighted by molar-refractivity contribution is 5.50. The van der Waals surface area contributed by atoms with Gasteiger partial charge in [-0.25, -0.2) is 0 Å². The second-order valence-corrected chi connectivity index (χ2v) is 3.67. The normalized spacial score (nSPS) is 15.5. The van der Waals surface area contributed by atoms with E-state index in [-0.39, 0.29) is 0 Å². The molecule has 1 aromatic rings. The van der Waals surface area contributed by atoms with E-state index in [9.17, 15) is 0 Å². The zero-order chi connectivity index (χ0) is 9.42. The molecule has 2 nitrogen and oxygen atoms in total. The first-order valence-corrected chi connectivity index (χ1v) is 4.96. The van der Waals surface area contributed by atoms with E-state index in [1.807, 2.05) is 11.7 Å². The van der Waals surface area contributed by atoms with E-state index in [0.717, 1.165) is 6.42 Å². The summed E-state index contributed by atoms with van der Waals surface area (Å²) in [5.74, 6) is 0. The number of hydrogen-bond acceptors (Lipinski definition) is 1. The Morgan fingerprint density at radius 3 is 3.00 bits per heavy atom. The second kappa shape index (κ2) is 3.02. The molecule has 0 spiro atoms. The summed E-state index contributed by atoms with van der Waals surface area (Å²) in [5, 5.41) is 7.19. The van der Waals surface area contributed by atoms with Gasteiger partial charge in [-0.3, -0.25) is 4.68 Å². The van der Waals surface area contributed by atoms with E-state index < -0.39 is 0 Å². The first-order chi connectivity index (χ1) is 6.24. The van der Waals surface area contributed by atoms with Crippen LogP contribution in [0.4, 0.5) is 0 Å². The quantitative estimate of drug-likeness (QED) is 0.620. The molecular weight excluding hydrogens is 160 g/mol. The fourth-order valence-corrected chi connectivity index (χ4v) is 2.21. The molecule has 0 amide bonds. The molecule has 70 valence electrons. The summed E-state index contributed by atoms with van der Waals surface area (Å²) >= 11 is 0. The van der Waals surface area contributed by atoms with Gasteiger partial charge in [-0.05, 0) is 26.2 Å². The van der Waals surface area contributed by atoms with Crippen LogP contribution in [0.1, 0.15) is 31.9 Å². The van der Waals surface area contributed by atoms with Gasteiger partial charge in [-0.2, -0.15) is 5.10 Å². The molecular formula is C11H16N2. The molecule has 0 fully saturated rings. The van der Waals surface area contributed by atoms with Gasteiger partial charge in [0.15, 0.2) is 0 Å². The molecule has 1 aromatic heterocycles. The molecule has 0 radical (unpaired) electrons. The van der Waals surface area contributed by atoms with Crippen molar-refractivity contribution in [2.45, 2.75) is 33.1 Å². The summed E-state index contributed by atoms with van der Waals surface area (Å²) in [7, 11) is 2.03. The Morgan fingerprint density at radius 2 is 2.31 bits per heavy atom. The highest BCUT2D eigenvalue weighted by atomic mass is 15.3. The Morgan fingerprint density at radius 1 is 1.54 bits per heavy atom. The maximum Gasteiger partial charge on any atom is 0.0671 e. The van der Waals surface area contributed by atoms with Crippen molar-refractivity contribution >= 4 is 11.6 Å². The minimum absolute atomic E-state index is 1.16. The zero-order valence-electron chi connectivity index (χ0n) is 8.59. The molecule has 0 N–H and O–H groups in total. The first-order valence-electron chi connectivity index (χ1n) is 4.96. The van der Waals surface area contributed by atoms with Gasteiger partial charge in [-0.1, -0.05) is 18.6 Å². The Hall–Kier alpha value is -1.05. The third kappa shape index (κ3) is 1.21. The van der Waals surface area contributed by atoms with Crippen molar-refractivity contribution in [1.29, 1.82) is 0 Å². The van der Waals surface area contributed by atoms with Gasteiger partial charge in [0.25, 0.3) is 0 Å². The van der Waals surface area contributed by atoms with Crippen LogP contribution in [0.5, 0.6) is 0 Å². The SMILES string of the molecule is CCC1=c2c(C)nn(C)c2=CCC1. The zero-order valence-corrected chi connectivity index (χ0v) is 8.59. The molecule has 0 aromatic carbocycles. The standard InChI is InChI=1S/C11H16N2/c1-4-9-6-5-7-10-11(9)8(2)12-13(10)3/h7H,4-6H2,1-3H3. The van der Waals surface area contributed by atoms with Crippen LogP contribution in [0.25, 0.3) is 11.6 Å². The van der Waals surface area contributed by atoms with Crippen molar-refractivity contribution in [2.24, 2.45) is 7.05 Å². The summed E-state index contributed by atoms with van der Waals surface area (Å²) in [6, 6.07) is 0. The lowest BCUT2D eigenvalue weighted by atomic mass is 10.00. The lowest BCUT2D eigenvalue weighted by molar-refractivity contribution is 0.730. The second-order valence-electron chi connectivity index (χ2n) is 3.67. The number of rotatable bonds is 1. The number of nitrogens with zero attached hydrogens (tertiary/aromatic N) is 2. The molecule has 0 aliphatic heterocycles. The molecule has 2 heteroatoms. The van der Waals surface area contributed by atoms with Crippen molar-refractivity contribution in [3.8, 4) is 0 Å². The summed E-state index contributed by atoms with van der Waals surface area (Å²) in [6.07, 6.45) is 5.85. The van der Waals surface area contributed by atoms with Crippen molar-refractivity contribution in [3.63, 3.8) is 0 Å². The van der Waals surface area contributed by atoms with Crippen LogP contribution in [-0.2, 0) is 7.05 Å². The van der Waals surface area contributed by atoms with E-state index in [2.05, 4.69) is 25.0 Å². The van der Waals surface area contributed by atoms with Gasteiger partial charge >= 0.3 is 0 Å². The Balaban J connectivity index is 2.88. The van der Waals surface area contributed by atoms with Crippen molar-refractivity contribution in [3.05, 3.63) is 16.3 Å². The summed E-state index contributed by atoms with van der Waals surface area (Å²) in [4.78, 5) is 0. The minimum Gasteiger partial charge on any atom is -0.268 e. The maximum atomic E-state index is 4.46. The largest absolute Gasteiger partial charge is 0.268 e. The highest BCUT2D eigenvalue weighted by Gasteiger charge is 2.08. The van der Waals surface area contributed by atoms with E-state index in [1.165, 1.54) is 29.1 Å². The molecule has 0 saturated heterocycles. The Kier molecular flexibility index (Phi) is 1.98. The molecule has 1 aliphatic carbocycles. The molecule has 0 bridgehead atoms. The number of aryl methyl sites for hydroxylation is 2. The average molecular weight is 176 g/mol. The van der Waals surface area contributed by atoms with Crippen LogP contribution in [-0.4, -0.2) is 9.78 Å². The summed E-state index contributed by atoms with van der Waals surface area (Å²) in [6.45, 7) is 4.34. The van der Waals surface area contributed by atoms with Gasteiger partial charge in [0, 0.05) is 12.3 Å². The monoisotopic (exact) mass is 176 g/mol. The number of hydrogen-bond donors (Lipinski definition) is 0.